The molecule has 0 aromatic heterocycles. The molecule has 2 atom stereocenters. The molecule has 2 rings (SSSR count). The minimum Gasteiger partial charge on any atom is -0.491 e. The van der Waals surface area contributed by atoms with Crippen LogP contribution in [0.2, 0.25) is 0 Å². The van der Waals surface area contributed by atoms with Gasteiger partial charge in [0.25, 0.3) is 0 Å². The van der Waals surface area contributed by atoms with Crippen molar-refractivity contribution in [3.05, 3.63) is 29.8 Å². The Kier molecular flexibility index (Phi) is 3.96. The van der Waals surface area contributed by atoms with Crippen LogP contribution in [-0.4, -0.2) is 6.10 Å². The van der Waals surface area contributed by atoms with Crippen molar-refractivity contribution in [1.29, 1.82) is 0 Å². The number of hydrogen-bond donors (Lipinski definition) is 1. The fraction of sp³-hybridized carbons (Fsp3) is 0.625. The zero-order chi connectivity index (χ0) is 13.2. The van der Waals surface area contributed by atoms with Gasteiger partial charge >= 0.3 is 0 Å². The second-order valence-corrected chi connectivity index (χ2v) is 6.02. The Morgan fingerprint density at radius 1 is 1.33 bits per heavy atom. The number of hydrogen-bond acceptors (Lipinski definition) is 2. The molecule has 0 spiro atoms. The zero-order valence-electron chi connectivity index (χ0n) is 11.8. The highest BCUT2D eigenvalue weighted by molar-refractivity contribution is 5.39. The van der Waals surface area contributed by atoms with Crippen molar-refractivity contribution in [2.45, 2.75) is 58.1 Å². The first-order valence-corrected chi connectivity index (χ1v) is 7.06. The molecule has 100 valence electrons. The van der Waals surface area contributed by atoms with Crippen molar-refractivity contribution < 1.29 is 4.74 Å². The van der Waals surface area contributed by atoms with Crippen LogP contribution in [0.15, 0.2) is 24.3 Å². The van der Waals surface area contributed by atoms with E-state index in [0.717, 1.165) is 18.6 Å². The van der Waals surface area contributed by atoms with Crippen molar-refractivity contribution in [3.63, 3.8) is 0 Å². The summed E-state index contributed by atoms with van der Waals surface area (Å²) < 4.78 is 5.92. The molecule has 1 aliphatic carbocycles. The van der Waals surface area contributed by atoms with Crippen molar-refractivity contribution in [3.8, 4) is 5.75 Å². The van der Waals surface area contributed by atoms with Crippen LogP contribution in [0.25, 0.3) is 0 Å². The Morgan fingerprint density at radius 2 is 2.06 bits per heavy atom. The van der Waals surface area contributed by atoms with Crippen LogP contribution >= 0.6 is 0 Å². The molecule has 0 saturated heterocycles. The number of nitrogens with two attached hydrogens (primary N) is 1. The van der Waals surface area contributed by atoms with Gasteiger partial charge in [-0.15, -0.1) is 0 Å². The molecule has 0 radical (unpaired) electrons. The lowest BCUT2D eigenvalue weighted by Gasteiger charge is -2.38. The normalized spacial score (nSPS) is 28.4. The smallest absolute Gasteiger partial charge is 0.124 e. The molecular formula is C16H25NO. The van der Waals surface area contributed by atoms with Crippen LogP contribution in [0.5, 0.6) is 5.75 Å². The lowest BCUT2D eigenvalue weighted by molar-refractivity contribution is 0.208. The average Bonchev–Trinajstić information content (AvgIpc) is 2.28. The molecule has 0 heterocycles. The molecule has 1 aliphatic rings. The zero-order valence-corrected chi connectivity index (χ0v) is 11.8. The number of rotatable bonds is 3. The summed E-state index contributed by atoms with van der Waals surface area (Å²) in [5, 5.41) is 0. The first-order chi connectivity index (χ1) is 8.51. The molecule has 2 heteroatoms. The monoisotopic (exact) mass is 247 g/mol. The molecule has 18 heavy (non-hydrogen) atoms. The van der Waals surface area contributed by atoms with E-state index >= 15 is 0 Å². The second kappa shape index (κ2) is 5.31. The third-order valence-electron chi connectivity index (χ3n) is 3.82. The fourth-order valence-corrected chi connectivity index (χ4v) is 3.07. The van der Waals surface area contributed by atoms with E-state index in [2.05, 4.69) is 32.9 Å². The summed E-state index contributed by atoms with van der Waals surface area (Å²) in [4.78, 5) is 0. The highest BCUT2D eigenvalue weighted by atomic mass is 16.5. The third kappa shape index (κ3) is 2.86. The van der Waals surface area contributed by atoms with E-state index in [0.29, 0.717) is 5.92 Å². The summed E-state index contributed by atoms with van der Waals surface area (Å²) in [5.41, 5.74) is 7.65. The largest absolute Gasteiger partial charge is 0.491 e. The standard InChI is InChI=1S/C16H25NO/c1-12(2)18-15-9-5-4-8-14(15)16(17)10-6-7-13(3)11-16/h4-5,8-9,12-13H,6-7,10-11,17H2,1-3H3. The predicted molar refractivity (Wildman–Crippen MR) is 75.7 cm³/mol. The Balaban J connectivity index is 2.31. The summed E-state index contributed by atoms with van der Waals surface area (Å²) in [7, 11) is 0. The topological polar surface area (TPSA) is 35.2 Å². The molecule has 1 fully saturated rings. The maximum atomic E-state index is 6.67. The highest BCUT2D eigenvalue weighted by Gasteiger charge is 2.34. The molecule has 1 aromatic carbocycles. The first kappa shape index (κ1) is 13.4. The maximum absolute atomic E-state index is 6.67. The Morgan fingerprint density at radius 3 is 2.72 bits per heavy atom. The highest BCUT2D eigenvalue weighted by Crippen LogP contribution is 2.41. The Labute approximate surface area is 111 Å². The van der Waals surface area contributed by atoms with Gasteiger partial charge in [0.05, 0.1) is 6.10 Å². The molecule has 2 nitrogen and oxygen atoms in total. The second-order valence-electron chi connectivity index (χ2n) is 6.02. The third-order valence-corrected chi connectivity index (χ3v) is 3.82. The summed E-state index contributed by atoms with van der Waals surface area (Å²) in [6.45, 7) is 6.42. The molecule has 0 amide bonds. The van der Waals surface area contributed by atoms with E-state index < -0.39 is 0 Å². The molecule has 0 aliphatic heterocycles. The maximum Gasteiger partial charge on any atom is 0.124 e. The van der Waals surface area contributed by atoms with Gasteiger partial charge in [0.15, 0.2) is 0 Å². The van der Waals surface area contributed by atoms with Gasteiger partial charge in [-0.05, 0) is 38.7 Å². The van der Waals surface area contributed by atoms with Crippen LogP contribution < -0.4 is 10.5 Å². The summed E-state index contributed by atoms with van der Waals surface area (Å²) in [6, 6.07) is 8.27. The van der Waals surface area contributed by atoms with E-state index in [1.807, 2.05) is 12.1 Å². The van der Waals surface area contributed by atoms with Crippen molar-refractivity contribution >= 4 is 0 Å². The van der Waals surface area contributed by atoms with Crippen molar-refractivity contribution in [2.24, 2.45) is 11.7 Å². The molecule has 1 aromatic rings. The van der Waals surface area contributed by atoms with Crippen LogP contribution in [-0.2, 0) is 5.54 Å². The van der Waals surface area contributed by atoms with Crippen LogP contribution in [0, 0.1) is 5.92 Å². The van der Waals surface area contributed by atoms with E-state index in [1.165, 1.54) is 18.4 Å². The first-order valence-electron chi connectivity index (χ1n) is 7.06. The number of benzene rings is 1. The summed E-state index contributed by atoms with van der Waals surface area (Å²) in [6.07, 6.45) is 4.83. The molecule has 1 saturated carbocycles. The average molecular weight is 247 g/mol. The van der Waals surface area contributed by atoms with Gasteiger partial charge in [-0.25, -0.2) is 0 Å². The van der Waals surface area contributed by atoms with E-state index in [1.54, 1.807) is 0 Å². The van der Waals surface area contributed by atoms with Gasteiger partial charge in [0.2, 0.25) is 0 Å². The predicted octanol–water partition coefficient (Wildman–Crippen LogP) is 3.84. The van der Waals surface area contributed by atoms with Gasteiger partial charge in [-0.2, -0.15) is 0 Å². The number of ether oxygens (including phenoxy) is 1. The molecule has 2 unspecified atom stereocenters. The molecule has 2 N–H and O–H groups in total. The lowest BCUT2D eigenvalue weighted by Crippen LogP contribution is -2.41. The van der Waals surface area contributed by atoms with Crippen molar-refractivity contribution in [1.82, 2.24) is 0 Å². The summed E-state index contributed by atoms with van der Waals surface area (Å²) >= 11 is 0. The van der Waals surface area contributed by atoms with E-state index in [4.69, 9.17) is 10.5 Å². The fourth-order valence-electron chi connectivity index (χ4n) is 3.07. The number of para-hydroxylation sites is 1. The van der Waals surface area contributed by atoms with E-state index in [9.17, 15) is 0 Å². The SMILES string of the molecule is CC1CCCC(N)(c2ccccc2OC(C)C)C1. The minimum atomic E-state index is -0.205. The van der Waals surface area contributed by atoms with Gasteiger partial charge in [0.1, 0.15) is 5.75 Å². The van der Waals surface area contributed by atoms with Gasteiger partial charge in [-0.3, -0.25) is 0 Å². The van der Waals surface area contributed by atoms with Crippen LogP contribution in [0.3, 0.4) is 0 Å². The summed E-state index contributed by atoms with van der Waals surface area (Å²) in [5.74, 6) is 1.67. The minimum absolute atomic E-state index is 0.191. The van der Waals surface area contributed by atoms with E-state index in [-0.39, 0.29) is 11.6 Å². The van der Waals surface area contributed by atoms with Gasteiger partial charge < -0.3 is 10.5 Å². The Hall–Kier alpha value is -1.02. The molecule has 0 bridgehead atoms. The molecular weight excluding hydrogens is 222 g/mol. The van der Waals surface area contributed by atoms with Crippen LogP contribution in [0.4, 0.5) is 0 Å². The Bertz CT molecular complexity index is 402. The van der Waals surface area contributed by atoms with Gasteiger partial charge in [-0.1, -0.05) is 38.0 Å². The lowest BCUT2D eigenvalue weighted by atomic mass is 9.73. The van der Waals surface area contributed by atoms with Crippen LogP contribution in [0.1, 0.15) is 52.0 Å². The quantitative estimate of drug-likeness (QED) is 0.880. The van der Waals surface area contributed by atoms with Gasteiger partial charge in [0, 0.05) is 11.1 Å². The van der Waals surface area contributed by atoms with Crippen molar-refractivity contribution in [2.75, 3.05) is 0 Å².